The van der Waals surface area contributed by atoms with Gasteiger partial charge in [0.05, 0.1) is 14.9 Å². The van der Waals surface area contributed by atoms with E-state index in [0.29, 0.717) is 12.1 Å². The first-order chi connectivity index (χ1) is 10.2. The maximum atomic E-state index is 13.1. The highest BCUT2D eigenvalue weighted by molar-refractivity contribution is 7.89. The van der Waals surface area contributed by atoms with E-state index < -0.39 is 34.0 Å². The summed E-state index contributed by atoms with van der Waals surface area (Å²) in [5.41, 5.74) is -0.0694. The second-order valence-corrected chi connectivity index (χ2v) is 6.86. The SMILES string of the molecule is O=S(=O)(NCc1cc(F)c(F)c(F)c1)c1ccc(Cl)c(Cl)c1. The Labute approximate surface area is 134 Å². The third kappa shape index (κ3) is 3.73. The molecule has 0 aromatic heterocycles. The Balaban J connectivity index is 2.21. The van der Waals surface area contributed by atoms with Crippen LogP contribution < -0.4 is 4.72 Å². The Bertz CT molecular complexity index is 805. The summed E-state index contributed by atoms with van der Waals surface area (Å²) >= 11 is 11.4. The second kappa shape index (κ2) is 6.45. The van der Waals surface area contributed by atoms with Crippen LogP contribution in [0.1, 0.15) is 5.56 Å². The summed E-state index contributed by atoms with van der Waals surface area (Å²) in [7, 11) is -3.97. The lowest BCUT2D eigenvalue weighted by Gasteiger charge is -2.08. The number of hydrogen-bond acceptors (Lipinski definition) is 2. The molecule has 0 spiro atoms. The summed E-state index contributed by atoms with van der Waals surface area (Å²) in [6.07, 6.45) is 0. The Kier molecular flexibility index (Phi) is 5.01. The fourth-order valence-corrected chi connectivity index (χ4v) is 3.02. The van der Waals surface area contributed by atoms with E-state index in [1.165, 1.54) is 12.1 Å². The van der Waals surface area contributed by atoms with Crippen molar-refractivity contribution in [2.24, 2.45) is 0 Å². The van der Waals surface area contributed by atoms with Crippen LogP contribution in [0.3, 0.4) is 0 Å². The highest BCUT2D eigenvalue weighted by Crippen LogP contribution is 2.25. The summed E-state index contributed by atoms with van der Waals surface area (Å²) in [5, 5.41) is 0.228. The lowest BCUT2D eigenvalue weighted by atomic mass is 10.2. The van der Waals surface area contributed by atoms with E-state index in [9.17, 15) is 21.6 Å². The van der Waals surface area contributed by atoms with E-state index in [2.05, 4.69) is 4.72 Å². The molecule has 0 saturated carbocycles. The molecule has 1 N–H and O–H groups in total. The largest absolute Gasteiger partial charge is 0.240 e. The fraction of sp³-hybridized carbons (Fsp3) is 0.0769. The minimum atomic E-state index is -3.97. The van der Waals surface area contributed by atoms with E-state index in [1.807, 2.05) is 0 Å². The standard InChI is InChI=1S/C13H8Cl2F3NO2S/c14-9-2-1-8(5-10(9)15)22(20,21)19-6-7-3-11(16)13(18)12(17)4-7/h1-5,19H,6H2. The zero-order valence-electron chi connectivity index (χ0n) is 10.7. The molecule has 0 radical (unpaired) electrons. The molecule has 0 fully saturated rings. The summed E-state index contributed by atoms with van der Waals surface area (Å²) in [5.74, 6) is -4.41. The van der Waals surface area contributed by atoms with E-state index in [4.69, 9.17) is 23.2 Å². The van der Waals surface area contributed by atoms with Gasteiger partial charge in [0.15, 0.2) is 17.5 Å². The van der Waals surface area contributed by atoms with Crippen LogP contribution in [0.15, 0.2) is 35.2 Å². The number of hydrogen-bond donors (Lipinski definition) is 1. The molecule has 22 heavy (non-hydrogen) atoms. The first-order valence-corrected chi connectivity index (χ1v) is 8.03. The van der Waals surface area contributed by atoms with Crippen LogP contribution in [-0.2, 0) is 16.6 Å². The molecule has 118 valence electrons. The van der Waals surface area contributed by atoms with Crippen molar-refractivity contribution in [3.05, 3.63) is 63.4 Å². The molecule has 0 saturated heterocycles. The molecule has 0 bridgehead atoms. The van der Waals surface area contributed by atoms with Gasteiger partial charge in [0, 0.05) is 6.54 Å². The molecule has 3 nitrogen and oxygen atoms in total. The van der Waals surface area contributed by atoms with Crippen LogP contribution in [0.5, 0.6) is 0 Å². The monoisotopic (exact) mass is 369 g/mol. The third-order valence-electron chi connectivity index (χ3n) is 2.71. The van der Waals surface area contributed by atoms with Crippen molar-refractivity contribution in [1.82, 2.24) is 4.72 Å². The summed E-state index contributed by atoms with van der Waals surface area (Å²) < 4.78 is 65.1. The Morgan fingerprint density at radius 1 is 0.955 bits per heavy atom. The highest BCUT2D eigenvalue weighted by Gasteiger charge is 2.17. The van der Waals surface area contributed by atoms with Crippen molar-refractivity contribution in [2.45, 2.75) is 11.4 Å². The number of rotatable bonds is 4. The van der Waals surface area contributed by atoms with Crippen LogP contribution in [0.4, 0.5) is 13.2 Å². The topological polar surface area (TPSA) is 46.2 Å². The number of nitrogens with one attached hydrogen (secondary N) is 1. The van der Waals surface area contributed by atoms with Crippen LogP contribution in [-0.4, -0.2) is 8.42 Å². The Morgan fingerprint density at radius 2 is 1.55 bits per heavy atom. The van der Waals surface area contributed by atoms with Crippen molar-refractivity contribution in [1.29, 1.82) is 0 Å². The van der Waals surface area contributed by atoms with E-state index in [0.717, 1.165) is 6.07 Å². The smallest absolute Gasteiger partial charge is 0.207 e. The van der Waals surface area contributed by atoms with Gasteiger partial charge in [-0.05, 0) is 35.9 Å². The number of sulfonamides is 1. The predicted octanol–water partition coefficient (Wildman–Crippen LogP) is 3.89. The zero-order chi connectivity index (χ0) is 16.5. The molecule has 0 heterocycles. The van der Waals surface area contributed by atoms with Crippen LogP contribution >= 0.6 is 23.2 Å². The van der Waals surface area contributed by atoms with Gasteiger partial charge in [-0.1, -0.05) is 23.2 Å². The van der Waals surface area contributed by atoms with Crippen molar-refractivity contribution < 1.29 is 21.6 Å². The number of halogens is 5. The van der Waals surface area contributed by atoms with Gasteiger partial charge in [0.1, 0.15) is 0 Å². The molecule has 0 amide bonds. The minimum absolute atomic E-state index is 0.0448. The lowest BCUT2D eigenvalue weighted by molar-refractivity contribution is 0.445. The van der Waals surface area contributed by atoms with Crippen molar-refractivity contribution in [2.75, 3.05) is 0 Å². The van der Waals surface area contributed by atoms with E-state index in [1.54, 1.807) is 0 Å². The molecular formula is C13H8Cl2F3NO2S. The molecule has 0 aliphatic carbocycles. The van der Waals surface area contributed by atoms with Gasteiger partial charge < -0.3 is 0 Å². The molecule has 0 atom stereocenters. The molecule has 2 rings (SSSR count). The van der Waals surface area contributed by atoms with E-state index >= 15 is 0 Å². The molecule has 0 unspecified atom stereocenters. The van der Waals surface area contributed by atoms with Crippen LogP contribution in [0.2, 0.25) is 10.0 Å². The fourth-order valence-electron chi connectivity index (χ4n) is 1.62. The number of benzene rings is 2. The summed E-state index contributed by atoms with van der Waals surface area (Å²) in [6, 6.07) is 5.07. The average Bonchev–Trinajstić information content (AvgIpc) is 2.45. The van der Waals surface area contributed by atoms with Gasteiger partial charge in [-0.2, -0.15) is 0 Å². The lowest BCUT2D eigenvalue weighted by Crippen LogP contribution is -2.23. The van der Waals surface area contributed by atoms with Crippen molar-refractivity contribution >= 4 is 33.2 Å². The summed E-state index contributed by atoms with van der Waals surface area (Å²) in [4.78, 5) is -0.162. The maximum Gasteiger partial charge on any atom is 0.240 e. The van der Waals surface area contributed by atoms with Gasteiger partial charge in [-0.25, -0.2) is 26.3 Å². The minimum Gasteiger partial charge on any atom is -0.207 e. The maximum absolute atomic E-state index is 13.1. The second-order valence-electron chi connectivity index (χ2n) is 4.27. The van der Waals surface area contributed by atoms with Gasteiger partial charge in [0.2, 0.25) is 10.0 Å². The first-order valence-electron chi connectivity index (χ1n) is 5.79. The quantitative estimate of drug-likeness (QED) is 0.831. The van der Waals surface area contributed by atoms with Gasteiger partial charge in [-0.15, -0.1) is 0 Å². The predicted molar refractivity (Wildman–Crippen MR) is 76.8 cm³/mol. The molecule has 0 aliphatic heterocycles. The summed E-state index contributed by atoms with van der Waals surface area (Å²) in [6.45, 7) is -0.420. The average molecular weight is 370 g/mol. The molecular weight excluding hydrogens is 362 g/mol. The highest BCUT2D eigenvalue weighted by atomic mass is 35.5. The van der Waals surface area contributed by atoms with Crippen LogP contribution in [0.25, 0.3) is 0 Å². The van der Waals surface area contributed by atoms with Crippen molar-refractivity contribution in [3.8, 4) is 0 Å². The van der Waals surface area contributed by atoms with Gasteiger partial charge >= 0.3 is 0 Å². The third-order valence-corrected chi connectivity index (χ3v) is 4.85. The first kappa shape index (κ1) is 17.1. The zero-order valence-corrected chi connectivity index (χ0v) is 13.0. The van der Waals surface area contributed by atoms with Gasteiger partial charge in [-0.3, -0.25) is 0 Å². The Hall–Kier alpha value is -1.28. The molecule has 2 aromatic rings. The normalized spacial score (nSPS) is 11.7. The molecule has 2 aromatic carbocycles. The van der Waals surface area contributed by atoms with Crippen molar-refractivity contribution in [3.63, 3.8) is 0 Å². The molecule has 9 heteroatoms. The molecule has 0 aliphatic rings. The Morgan fingerprint density at radius 3 is 2.09 bits per heavy atom. The van der Waals surface area contributed by atoms with Gasteiger partial charge in [0.25, 0.3) is 0 Å². The van der Waals surface area contributed by atoms with Crippen LogP contribution in [0, 0.1) is 17.5 Å². The van der Waals surface area contributed by atoms with E-state index in [-0.39, 0.29) is 20.5 Å².